The van der Waals surface area contributed by atoms with E-state index in [2.05, 4.69) is 10.3 Å². The van der Waals surface area contributed by atoms with E-state index in [9.17, 15) is 34.1 Å². The van der Waals surface area contributed by atoms with Gasteiger partial charge in [-0.2, -0.15) is 0 Å². The van der Waals surface area contributed by atoms with Crippen molar-refractivity contribution < 1.29 is 28.9 Å². The van der Waals surface area contributed by atoms with Crippen molar-refractivity contribution in [3.05, 3.63) is 123 Å². The van der Waals surface area contributed by atoms with Gasteiger partial charge in [0.05, 0.1) is 42.5 Å². The average molecular weight is 648 g/mol. The second-order valence-corrected chi connectivity index (χ2v) is 12.3. The van der Waals surface area contributed by atoms with Crippen LogP contribution in [0.4, 0.5) is 21.9 Å². The summed E-state index contributed by atoms with van der Waals surface area (Å²) >= 11 is 2.29. The molecule has 7 rings (SSSR count). The highest BCUT2D eigenvalue weighted by atomic mass is 32.2. The molecule has 5 aromatic rings. The summed E-state index contributed by atoms with van der Waals surface area (Å²) in [4.78, 5) is 82.3. The Bertz CT molecular complexity index is 2180. The molecular formula is C32H17N5O7S2. The fraction of sp³-hybridized carbons (Fsp3) is 0. The molecule has 1 saturated heterocycles. The van der Waals surface area contributed by atoms with E-state index in [0.29, 0.717) is 31.4 Å². The Morgan fingerprint density at radius 2 is 1.48 bits per heavy atom. The molecule has 46 heavy (non-hydrogen) atoms. The van der Waals surface area contributed by atoms with Crippen LogP contribution in [0.5, 0.6) is 0 Å². The lowest BCUT2D eigenvalue weighted by Gasteiger charge is -2.26. The zero-order chi connectivity index (χ0) is 32.1. The van der Waals surface area contributed by atoms with Crippen molar-refractivity contribution in [1.29, 1.82) is 0 Å². The number of carbonyl (C=O) groups excluding carboxylic acids is 5. The third-order valence-corrected chi connectivity index (χ3v) is 9.35. The van der Waals surface area contributed by atoms with E-state index in [-0.39, 0.29) is 27.4 Å². The van der Waals surface area contributed by atoms with E-state index in [4.69, 9.17) is 0 Å². The van der Waals surface area contributed by atoms with Crippen LogP contribution in [-0.2, 0) is 9.59 Å². The first kappa shape index (κ1) is 28.8. The molecule has 224 valence electrons. The van der Waals surface area contributed by atoms with Gasteiger partial charge < -0.3 is 0 Å². The van der Waals surface area contributed by atoms with Crippen LogP contribution in [0.2, 0.25) is 0 Å². The Morgan fingerprint density at radius 1 is 0.783 bits per heavy atom. The molecule has 0 saturated carbocycles. The van der Waals surface area contributed by atoms with E-state index >= 15 is 0 Å². The highest BCUT2D eigenvalue weighted by Crippen LogP contribution is 2.41. The van der Waals surface area contributed by atoms with Gasteiger partial charge in [-0.3, -0.25) is 34.6 Å². The van der Waals surface area contributed by atoms with Gasteiger partial charge >= 0.3 is 6.03 Å². The van der Waals surface area contributed by atoms with Gasteiger partial charge in [-0.1, -0.05) is 48.2 Å². The van der Waals surface area contributed by atoms with Gasteiger partial charge in [-0.05, 0) is 60.2 Å². The Kier molecular flexibility index (Phi) is 6.99. The third kappa shape index (κ3) is 4.91. The summed E-state index contributed by atoms with van der Waals surface area (Å²) in [7, 11) is 0. The molecule has 0 bridgehead atoms. The number of nitrogens with zero attached hydrogens (tertiary/aromatic N) is 4. The van der Waals surface area contributed by atoms with Crippen molar-refractivity contribution in [2.75, 3.05) is 9.80 Å². The van der Waals surface area contributed by atoms with Gasteiger partial charge in [0.1, 0.15) is 5.57 Å². The molecular weight excluding hydrogens is 631 g/mol. The molecule has 2 aliphatic rings. The summed E-state index contributed by atoms with van der Waals surface area (Å²) in [6, 6.07) is 22.9. The lowest BCUT2D eigenvalue weighted by atomic mass is 10.1. The molecule has 14 heteroatoms. The minimum Gasteiger partial charge on any atom is -0.273 e. The van der Waals surface area contributed by atoms with Crippen LogP contribution in [-0.4, -0.2) is 39.6 Å². The van der Waals surface area contributed by atoms with Gasteiger partial charge in [0.15, 0.2) is 4.34 Å². The monoisotopic (exact) mass is 647 g/mol. The van der Waals surface area contributed by atoms with Crippen LogP contribution < -0.4 is 15.1 Å². The Hall–Kier alpha value is -5.99. The normalized spacial score (nSPS) is 15.6. The van der Waals surface area contributed by atoms with Crippen LogP contribution in [0.1, 0.15) is 26.3 Å². The maximum Gasteiger partial charge on any atom is 0.335 e. The fourth-order valence-corrected chi connectivity index (χ4v) is 7.22. The predicted molar refractivity (Wildman–Crippen MR) is 170 cm³/mol. The maximum absolute atomic E-state index is 13.2. The number of amides is 6. The Morgan fingerprint density at radius 3 is 2.17 bits per heavy atom. The average Bonchev–Trinajstić information content (AvgIpc) is 3.56. The molecule has 3 heterocycles. The summed E-state index contributed by atoms with van der Waals surface area (Å²) in [6.07, 6.45) is 1.19. The number of benzene rings is 4. The van der Waals surface area contributed by atoms with Crippen LogP contribution in [0.15, 0.2) is 106 Å². The van der Waals surface area contributed by atoms with Gasteiger partial charge in [0, 0.05) is 6.07 Å². The number of para-hydroxylation sites is 1. The van der Waals surface area contributed by atoms with Gasteiger partial charge in [0.2, 0.25) is 0 Å². The molecule has 0 radical (unpaired) electrons. The molecule has 6 amide bonds. The molecule has 1 aromatic heterocycles. The van der Waals surface area contributed by atoms with Crippen molar-refractivity contribution in [2.45, 2.75) is 9.24 Å². The van der Waals surface area contributed by atoms with Crippen molar-refractivity contribution in [1.82, 2.24) is 10.3 Å². The van der Waals surface area contributed by atoms with Crippen molar-refractivity contribution in [3.63, 3.8) is 0 Å². The minimum absolute atomic E-state index is 0.201. The number of carbonyl (C=O) groups is 5. The second kappa shape index (κ2) is 11.2. The Labute approximate surface area is 267 Å². The Balaban J connectivity index is 1.16. The molecule has 0 aliphatic carbocycles. The SMILES string of the molecule is O=C1NC(=O)N(c2ccccc2)C(=O)/C1=C/c1ccc(Sc2nc3ccc(N4C(=O)c5ccccc5C4=O)cc3s2)c([N+](=O)[O-])c1. The molecule has 4 aromatic carbocycles. The molecule has 0 unspecified atom stereocenters. The van der Waals surface area contributed by atoms with E-state index < -0.39 is 34.6 Å². The van der Waals surface area contributed by atoms with Crippen molar-refractivity contribution >= 4 is 86.1 Å². The number of barbiturate groups is 1. The number of nitrogens with one attached hydrogen (secondary N) is 1. The predicted octanol–water partition coefficient (Wildman–Crippen LogP) is 5.82. The van der Waals surface area contributed by atoms with Gasteiger partial charge in [0.25, 0.3) is 29.3 Å². The number of anilines is 2. The molecule has 1 fully saturated rings. The smallest absolute Gasteiger partial charge is 0.273 e. The highest BCUT2D eigenvalue weighted by molar-refractivity contribution is 8.01. The lowest BCUT2D eigenvalue weighted by Crippen LogP contribution is -2.54. The van der Waals surface area contributed by atoms with Crippen LogP contribution in [0, 0.1) is 10.1 Å². The summed E-state index contributed by atoms with van der Waals surface area (Å²) in [5, 5.41) is 14.2. The lowest BCUT2D eigenvalue weighted by molar-refractivity contribution is -0.387. The first-order valence-corrected chi connectivity index (χ1v) is 15.1. The van der Waals surface area contributed by atoms with Crippen molar-refractivity contribution in [2.24, 2.45) is 0 Å². The fourth-order valence-electron chi connectivity index (χ4n) is 5.08. The second-order valence-electron chi connectivity index (χ2n) is 10.0. The third-order valence-electron chi connectivity index (χ3n) is 7.21. The number of hydrogen-bond acceptors (Lipinski definition) is 10. The molecule has 0 spiro atoms. The largest absolute Gasteiger partial charge is 0.335 e. The number of fused-ring (bicyclic) bond motifs is 2. The van der Waals surface area contributed by atoms with E-state index in [1.54, 1.807) is 60.7 Å². The number of urea groups is 1. The number of aromatic nitrogens is 1. The number of hydrogen-bond donors (Lipinski definition) is 1. The van der Waals surface area contributed by atoms with E-state index in [1.807, 2.05) is 0 Å². The standard InChI is InChI=1S/C32H17N5O7S2/c38-27-22(30(41)36(31(42)34-27)18-6-2-1-3-7-18)14-17-10-13-25(24(15-17)37(43)44)45-32-33-23-12-11-19(16-26(23)46-32)35-28(39)20-8-4-5-9-21(20)29(35)40/h1-16H,(H,34,38,42)/b22-14+. The molecule has 1 N–H and O–H groups in total. The number of nitro benzene ring substituents is 1. The van der Waals surface area contributed by atoms with E-state index in [1.165, 1.54) is 47.7 Å². The summed E-state index contributed by atoms with van der Waals surface area (Å²) in [5.74, 6) is -2.62. The van der Waals surface area contributed by atoms with Crippen molar-refractivity contribution in [3.8, 4) is 0 Å². The summed E-state index contributed by atoms with van der Waals surface area (Å²) in [6.45, 7) is 0. The number of rotatable bonds is 6. The topological polar surface area (TPSA) is 160 Å². The minimum atomic E-state index is -0.918. The maximum atomic E-state index is 13.2. The first-order chi connectivity index (χ1) is 22.2. The zero-order valence-electron chi connectivity index (χ0n) is 23.2. The molecule has 12 nitrogen and oxygen atoms in total. The highest BCUT2D eigenvalue weighted by Gasteiger charge is 2.38. The van der Waals surface area contributed by atoms with Crippen LogP contribution in [0.25, 0.3) is 16.3 Å². The molecule has 0 atom stereocenters. The summed E-state index contributed by atoms with van der Waals surface area (Å²) < 4.78 is 1.14. The molecule has 2 aliphatic heterocycles. The van der Waals surface area contributed by atoms with E-state index in [0.717, 1.165) is 21.6 Å². The van der Waals surface area contributed by atoms with Gasteiger partial charge in [-0.15, -0.1) is 11.3 Å². The summed E-state index contributed by atoms with van der Waals surface area (Å²) in [5.41, 5.74) is 1.43. The number of imide groups is 3. The van der Waals surface area contributed by atoms with Crippen LogP contribution in [0.3, 0.4) is 0 Å². The van der Waals surface area contributed by atoms with Crippen LogP contribution >= 0.6 is 23.1 Å². The quantitative estimate of drug-likeness (QED) is 0.0787. The number of nitro groups is 1. The first-order valence-electron chi connectivity index (χ1n) is 13.5. The zero-order valence-corrected chi connectivity index (χ0v) is 24.8. The number of thiazole rings is 1. The van der Waals surface area contributed by atoms with Gasteiger partial charge in [-0.25, -0.2) is 19.6 Å².